The Labute approximate surface area is 214 Å². The summed E-state index contributed by atoms with van der Waals surface area (Å²) in [5.41, 5.74) is 5.60. The van der Waals surface area contributed by atoms with Gasteiger partial charge in [-0.1, -0.05) is 56.8 Å². The number of carbonyl (C=O) groups excluding carboxylic acids is 1. The third-order valence-electron chi connectivity index (χ3n) is 5.45. The second-order valence-electron chi connectivity index (χ2n) is 9.20. The number of nitrogens with one attached hydrogen (secondary N) is 1. The fourth-order valence-electron chi connectivity index (χ4n) is 3.49. The van der Waals surface area contributed by atoms with Crippen molar-refractivity contribution in [3.05, 3.63) is 77.7 Å². The van der Waals surface area contributed by atoms with E-state index in [1.54, 1.807) is 13.2 Å². The summed E-state index contributed by atoms with van der Waals surface area (Å²) >= 11 is 1.28. The van der Waals surface area contributed by atoms with Crippen LogP contribution in [0.1, 0.15) is 37.9 Å². The maximum atomic E-state index is 12.4. The normalized spacial score (nSPS) is 11.7. The quantitative estimate of drug-likeness (QED) is 0.197. The zero-order chi connectivity index (χ0) is 25.7. The molecule has 4 rings (SSSR count). The zero-order valence-electron chi connectivity index (χ0n) is 21.0. The summed E-state index contributed by atoms with van der Waals surface area (Å²) in [6.07, 6.45) is 1.47. The minimum atomic E-state index is -0.264. The van der Waals surface area contributed by atoms with Crippen LogP contribution >= 0.6 is 11.8 Å². The van der Waals surface area contributed by atoms with Crippen LogP contribution in [-0.2, 0) is 10.2 Å². The molecule has 2 heterocycles. The van der Waals surface area contributed by atoms with Crippen LogP contribution in [0.2, 0.25) is 0 Å². The number of aryl methyl sites for hydroxylation is 1. The van der Waals surface area contributed by atoms with E-state index in [-0.39, 0.29) is 17.1 Å². The van der Waals surface area contributed by atoms with Crippen molar-refractivity contribution in [2.24, 2.45) is 5.10 Å². The highest BCUT2D eigenvalue weighted by Crippen LogP contribution is 2.30. The maximum absolute atomic E-state index is 12.4. The number of carbonyl (C=O) groups is 1. The number of furan rings is 1. The molecule has 0 radical (unpaired) electrons. The monoisotopic (exact) mass is 503 g/mol. The fourth-order valence-corrected chi connectivity index (χ4v) is 4.23. The van der Waals surface area contributed by atoms with Crippen LogP contribution in [0.4, 0.5) is 0 Å². The molecule has 0 aliphatic rings. The lowest BCUT2D eigenvalue weighted by atomic mass is 9.87. The van der Waals surface area contributed by atoms with Crippen LogP contribution in [0.5, 0.6) is 5.75 Å². The van der Waals surface area contributed by atoms with Crippen LogP contribution in [0.25, 0.3) is 17.1 Å². The minimum Gasteiger partial charge on any atom is -0.497 e. The molecule has 2 aromatic heterocycles. The Morgan fingerprint density at radius 1 is 1.08 bits per heavy atom. The van der Waals surface area contributed by atoms with Gasteiger partial charge in [-0.05, 0) is 54.3 Å². The predicted octanol–water partition coefficient (Wildman–Crippen LogP) is 5.38. The van der Waals surface area contributed by atoms with Crippen LogP contribution in [0.3, 0.4) is 0 Å². The number of benzene rings is 2. The first-order chi connectivity index (χ1) is 17.2. The number of aromatic nitrogens is 3. The fraction of sp³-hybridized carbons (Fsp3) is 0.259. The van der Waals surface area contributed by atoms with Gasteiger partial charge >= 0.3 is 0 Å². The van der Waals surface area contributed by atoms with Crippen LogP contribution in [-0.4, -0.2) is 39.7 Å². The van der Waals surface area contributed by atoms with Gasteiger partial charge in [0, 0.05) is 11.3 Å². The molecule has 0 aliphatic heterocycles. The average Bonchev–Trinajstić information content (AvgIpc) is 3.48. The highest BCUT2D eigenvalue weighted by molar-refractivity contribution is 7.99. The van der Waals surface area contributed by atoms with Crippen molar-refractivity contribution in [3.63, 3.8) is 0 Å². The van der Waals surface area contributed by atoms with Crippen molar-refractivity contribution in [1.82, 2.24) is 20.2 Å². The van der Waals surface area contributed by atoms with Crippen molar-refractivity contribution < 1.29 is 13.9 Å². The number of amides is 1. The summed E-state index contributed by atoms with van der Waals surface area (Å²) in [5, 5.41) is 13.4. The molecule has 0 saturated heterocycles. The topological polar surface area (TPSA) is 94.5 Å². The lowest BCUT2D eigenvalue weighted by molar-refractivity contribution is -0.118. The molecule has 0 fully saturated rings. The first-order valence-corrected chi connectivity index (χ1v) is 12.4. The average molecular weight is 504 g/mol. The van der Waals surface area contributed by atoms with Crippen molar-refractivity contribution in [2.45, 2.75) is 38.3 Å². The molecule has 8 nitrogen and oxygen atoms in total. The molecule has 0 bridgehead atoms. The zero-order valence-corrected chi connectivity index (χ0v) is 21.8. The summed E-state index contributed by atoms with van der Waals surface area (Å²) < 4.78 is 12.7. The van der Waals surface area contributed by atoms with Gasteiger partial charge in [-0.25, -0.2) is 5.43 Å². The van der Waals surface area contributed by atoms with Gasteiger partial charge in [0.15, 0.2) is 11.0 Å². The first kappa shape index (κ1) is 25.2. The van der Waals surface area contributed by atoms with E-state index < -0.39 is 0 Å². The van der Waals surface area contributed by atoms with E-state index in [2.05, 4.69) is 65.8 Å². The molecule has 9 heteroatoms. The summed E-state index contributed by atoms with van der Waals surface area (Å²) in [7, 11) is 1.63. The van der Waals surface area contributed by atoms with E-state index in [0.29, 0.717) is 16.7 Å². The Hall–Kier alpha value is -3.85. The first-order valence-electron chi connectivity index (χ1n) is 11.5. The van der Waals surface area contributed by atoms with Crippen LogP contribution in [0.15, 0.2) is 75.3 Å². The summed E-state index contributed by atoms with van der Waals surface area (Å²) in [6, 6.07) is 19.6. The molecule has 36 heavy (non-hydrogen) atoms. The molecule has 0 aliphatic carbocycles. The lowest BCUT2D eigenvalue weighted by Gasteiger charge is -2.19. The van der Waals surface area contributed by atoms with E-state index in [0.717, 1.165) is 22.8 Å². The number of ether oxygens (including phenoxy) is 1. The van der Waals surface area contributed by atoms with Crippen LogP contribution in [0, 0.1) is 6.92 Å². The smallest absolute Gasteiger partial charge is 0.250 e. The highest BCUT2D eigenvalue weighted by atomic mass is 32.2. The predicted molar refractivity (Wildman–Crippen MR) is 142 cm³/mol. The minimum absolute atomic E-state index is 0.0504. The van der Waals surface area contributed by atoms with Gasteiger partial charge in [0.25, 0.3) is 5.91 Å². The van der Waals surface area contributed by atoms with Crippen molar-refractivity contribution >= 4 is 23.9 Å². The van der Waals surface area contributed by atoms with Crippen molar-refractivity contribution in [3.8, 4) is 22.8 Å². The molecule has 0 atom stereocenters. The van der Waals surface area contributed by atoms with Gasteiger partial charge in [-0.2, -0.15) is 5.10 Å². The number of hydrazone groups is 1. The molecule has 1 N–H and O–H groups in total. The largest absolute Gasteiger partial charge is 0.497 e. The summed E-state index contributed by atoms with van der Waals surface area (Å²) in [5.74, 6) is 2.64. The number of nitrogens with zero attached hydrogens (tertiary/aromatic N) is 4. The van der Waals surface area contributed by atoms with Gasteiger partial charge in [-0.3, -0.25) is 9.36 Å². The van der Waals surface area contributed by atoms with Gasteiger partial charge < -0.3 is 9.15 Å². The van der Waals surface area contributed by atoms with Gasteiger partial charge in [0.1, 0.15) is 17.3 Å². The van der Waals surface area contributed by atoms with Crippen molar-refractivity contribution in [2.75, 3.05) is 12.9 Å². The summed E-state index contributed by atoms with van der Waals surface area (Å²) in [4.78, 5) is 12.4. The Balaban J connectivity index is 1.56. The second-order valence-corrected chi connectivity index (χ2v) is 10.1. The van der Waals surface area contributed by atoms with E-state index >= 15 is 0 Å². The molecular weight excluding hydrogens is 474 g/mol. The van der Waals surface area contributed by atoms with E-state index in [9.17, 15) is 4.79 Å². The number of hydrogen-bond acceptors (Lipinski definition) is 7. The third-order valence-corrected chi connectivity index (χ3v) is 6.38. The summed E-state index contributed by atoms with van der Waals surface area (Å²) in [6.45, 7) is 8.39. The molecule has 1 amide bonds. The van der Waals surface area contributed by atoms with Crippen LogP contribution < -0.4 is 10.2 Å². The Morgan fingerprint density at radius 3 is 2.42 bits per heavy atom. The molecule has 4 aromatic rings. The molecule has 0 spiro atoms. The lowest BCUT2D eigenvalue weighted by Crippen LogP contribution is -2.19. The number of methoxy groups -OCH3 is 1. The number of rotatable bonds is 8. The molecule has 0 saturated carbocycles. The Morgan fingerprint density at radius 2 is 1.81 bits per heavy atom. The molecule has 2 aromatic carbocycles. The van der Waals surface area contributed by atoms with E-state index in [4.69, 9.17) is 9.15 Å². The molecule has 186 valence electrons. The number of thioether (sulfide) groups is 1. The third kappa shape index (κ3) is 6.04. The standard InChI is InChI=1S/C27H29N5O3S/c1-18-6-13-23(35-18)16-28-29-24(33)17-36-26-31-30-25(19-7-9-20(10-8-19)27(2,3)4)32(26)21-11-14-22(34-5)15-12-21/h6-16H,17H2,1-5H3,(H,29,33)/b28-16-. The molecular formula is C27H29N5O3S. The van der Waals surface area contributed by atoms with E-state index in [1.807, 2.05) is 41.8 Å². The van der Waals surface area contributed by atoms with Gasteiger partial charge in [0.05, 0.1) is 19.1 Å². The van der Waals surface area contributed by atoms with Crippen molar-refractivity contribution in [1.29, 1.82) is 0 Å². The van der Waals surface area contributed by atoms with Gasteiger partial charge in [0.2, 0.25) is 0 Å². The number of hydrogen-bond donors (Lipinski definition) is 1. The van der Waals surface area contributed by atoms with Gasteiger partial charge in [-0.15, -0.1) is 10.2 Å². The Kier molecular flexibility index (Phi) is 7.59. The SMILES string of the molecule is COc1ccc(-n2c(SCC(=O)N/N=C\c3ccc(C)o3)nnc2-c2ccc(C(C)(C)C)cc2)cc1. The van der Waals surface area contributed by atoms with E-state index in [1.165, 1.54) is 23.5 Å². The molecule has 0 unspecified atom stereocenters. The maximum Gasteiger partial charge on any atom is 0.250 e. The Bertz CT molecular complexity index is 1350. The highest BCUT2D eigenvalue weighted by Gasteiger charge is 2.19. The second kappa shape index (κ2) is 10.8.